The molecule has 0 aromatic heterocycles. The fraction of sp³-hybridized carbons (Fsp3) is 0.176. The van der Waals surface area contributed by atoms with Crippen molar-refractivity contribution in [1.82, 2.24) is 0 Å². The van der Waals surface area contributed by atoms with Crippen molar-refractivity contribution in [2.45, 2.75) is 4.90 Å². The summed E-state index contributed by atoms with van der Waals surface area (Å²) in [6, 6.07) is 11.3. The summed E-state index contributed by atoms with van der Waals surface area (Å²) >= 11 is 1.54. The largest absolute Gasteiger partial charge is 0.482 e. The maximum atomic E-state index is 12.4. The lowest BCUT2D eigenvalue weighted by atomic mass is 10.2. The number of anilines is 2. The fourth-order valence-electron chi connectivity index (χ4n) is 2.52. The van der Waals surface area contributed by atoms with Crippen molar-refractivity contribution in [3.63, 3.8) is 0 Å². The Morgan fingerprint density at radius 2 is 2.15 bits per heavy atom. The summed E-state index contributed by atoms with van der Waals surface area (Å²) in [5.74, 6) is -0.519. The van der Waals surface area contributed by atoms with E-state index >= 15 is 0 Å². The fourth-order valence-corrected chi connectivity index (χ4v) is 2.98. The molecule has 8 nitrogen and oxygen atoms in total. The van der Waals surface area contributed by atoms with Crippen LogP contribution in [0.1, 0.15) is 0 Å². The second-order valence-corrected chi connectivity index (χ2v) is 6.34. The molecule has 1 aliphatic heterocycles. The Bertz CT molecular complexity index is 886. The van der Waals surface area contributed by atoms with Gasteiger partial charge < -0.3 is 10.1 Å². The van der Waals surface area contributed by atoms with Crippen LogP contribution in [-0.4, -0.2) is 36.1 Å². The van der Waals surface area contributed by atoms with E-state index in [1.54, 1.807) is 17.8 Å². The zero-order valence-electron chi connectivity index (χ0n) is 13.8. The molecule has 1 aliphatic rings. The molecule has 0 aliphatic carbocycles. The average Bonchev–Trinajstić information content (AvgIpc) is 2.63. The van der Waals surface area contributed by atoms with Crippen molar-refractivity contribution >= 4 is 40.6 Å². The first kappa shape index (κ1) is 17.7. The highest BCUT2D eigenvalue weighted by atomic mass is 32.2. The van der Waals surface area contributed by atoms with E-state index in [9.17, 15) is 19.7 Å². The quantitative estimate of drug-likeness (QED) is 0.491. The molecule has 2 aromatic carbocycles. The molecule has 26 heavy (non-hydrogen) atoms. The van der Waals surface area contributed by atoms with Gasteiger partial charge in [0.2, 0.25) is 5.91 Å². The number of fused-ring (bicyclic) bond motifs is 1. The molecular formula is C17H15N3O5S. The van der Waals surface area contributed by atoms with Crippen LogP contribution in [0.2, 0.25) is 0 Å². The van der Waals surface area contributed by atoms with Gasteiger partial charge in [0, 0.05) is 22.7 Å². The first-order valence-corrected chi connectivity index (χ1v) is 8.86. The van der Waals surface area contributed by atoms with Crippen molar-refractivity contribution in [3.8, 4) is 5.75 Å². The summed E-state index contributed by atoms with van der Waals surface area (Å²) in [6.07, 6.45) is 1.93. The maximum absolute atomic E-state index is 12.4. The molecule has 0 saturated heterocycles. The minimum atomic E-state index is -0.564. The highest BCUT2D eigenvalue weighted by Gasteiger charge is 2.29. The van der Waals surface area contributed by atoms with Crippen molar-refractivity contribution in [3.05, 3.63) is 52.6 Å². The van der Waals surface area contributed by atoms with Crippen LogP contribution in [0.3, 0.4) is 0 Å². The van der Waals surface area contributed by atoms with Gasteiger partial charge in [0.25, 0.3) is 11.6 Å². The van der Waals surface area contributed by atoms with E-state index in [1.807, 2.05) is 24.5 Å². The van der Waals surface area contributed by atoms with Crippen molar-refractivity contribution in [1.29, 1.82) is 0 Å². The number of thioether (sulfide) groups is 1. The molecule has 0 radical (unpaired) electrons. The molecule has 3 rings (SSSR count). The normalized spacial score (nSPS) is 13.0. The maximum Gasteiger partial charge on any atom is 0.271 e. The molecule has 0 saturated carbocycles. The van der Waals surface area contributed by atoms with E-state index in [2.05, 4.69) is 5.32 Å². The van der Waals surface area contributed by atoms with E-state index in [0.29, 0.717) is 11.4 Å². The van der Waals surface area contributed by atoms with Crippen molar-refractivity contribution in [2.75, 3.05) is 29.6 Å². The summed E-state index contributed by atoms with van der Waals surface area (Å²) in [4.78, 5) is 37.1. The third-order valence-electron chi connectivity index (χ3n) is 3.75. The number of nitrogens with one attached hydrogen (secondary N) is 1. The van der Waals surface area contributed by atoms with Gasteiger partial charge in [0.15, 0.2) is 6.61 Å². The van der Waals surface area contributed by atoms with Gasteiger partial charge in [-0.25, -0.2) is 0 Å². The second kappa shape index (κ2) is 7.44. The Hall–Kier alpha value is -3.07. The molecule has 134 valence electrons. The molecule has 2 amide bonds. The highest BCUT2D eigenvalue weighted by Crippen LogP contribution is 2.35. The SMILES string of the molecule is CSc1cccc(NC(=O)CN2C(=O)COc3ccc([N+](=O)[O-])cc32)c1. The Morgan fingerprint density at radius 1 is 1.35 bits per heavy atom. The summed E-state index contributed by atoms with van der Waals surface area (Å²) in [5, 5.41) is 13.7. The van der Waals surface area contributed by atoms with Crippen LogP contribution >= 0.6 is 11.8 Å². The van der Waals surface area contributed by atoms with Gasteiger partial charge in [0.05, 0.1) is 10.6 Å². The van der Waals surface area contributed by atoms with Gasteiger partial charge in [0.1, 0.15) is 12.3 Å². The number of non-ortho nitro benzene ring substituents is 1. The van der Waals surface area contributed by atoms with Gasteiger partial charge in [-0.15, -0.1) is 11.8 Å². The van der Waals surface area contributed by atoms with Crippen LogP contribution in [0.25, 0.3) is 0 Å². The number of hydrogen-bond acceptors (Lipinski definition) is 6. The molecule has 1 heterocycles. The Morgan fingerprint density at radius 3 is 2.88 bits per heavy atom. The van der Waals surface area contributed by atoms with Crippen LogP contribution in [-0.2, 0) is 9.59 Å². The molecule has 9 heteroatoms. The molecule has 0 fully saturated rings. The number of hydrogen-bond donors (Lipinski definition) is 1. The number of carbonyl (C=O) groups excluding carboxylic acids is 2. The molecule has 0 bridgehead atoms. The topological polar surface area (TPSA) is 102 Å². The number of ether oxygens (including phenoxy) is 1. The van der Waals surface area contributed by atoms with Gasteiger partial charge in [-0.2, -0.15) is 0 Å². The Labute approximate surface area is 153 Å². The first-order chi connectivity index (χ1) is 12.5. The Kier molecular flexibility index (Phi) is 5.08. The average molecular weight is 373 g/mol. The lowest BCUT2D eigenvalue weighted by molar-refractivity contribution is -0.384. The van der Waals surface area contributed by atoms with Crippen molar-refractivity contribution < 1.29 is 19.2 Å². The summed E-state index contributed by atoms with van der Waals surface area (Å²) < 4.78 is 5.28. The zero-order chi connectivity index (χ0) is 18.7. The second-order valence-electron chi connectivity index (χ2n) is 5.46. The van der Waals surface area contributed by atoms with E-state index in [1.165, 1.54) is 23.1 Å². The van der Waals surface area contributed by atoms with Crippen LogP contribution in [0.5, 0.6) is 5.75 Å². The first-order valence-electron chi connectivity index (χ1n) is 7.63. The minimum absolute atomic E-state index is 0.180. The van der Waals surface area contributed by atoms with E-state index in [0.717, 1.165) is 4.90 Å². The van der Waals surface area contributed by atoms with Crippen LogP contribution in [0, 0.1) is 10.1 Å². The summed E-state index contributed by atoms with van der Waals surface area (Å²) in [6.45, 7) is -0.486. The van der Waals surface area contributed by atoms with E-state index in [4.69, 9.17) is 4.74 Å². The number of nitro benzene ring substituents is 1. The predicted octanol–water partition coefficient (Wildman–Crippen LogP) is 2.68. The van der Waals surface area contributed by atoms with E-state index in [-0.39, 0.29) is 24.5 Å². The number of nitro groups is 1. The predicted molar refractivity (Wildman–Crippen MR) is 97.8 cm³/mol. The third-order valence-corrected chi connectivity index (χ3v) is 4.48. The van der Waals surface area contributed by atoms with Crippen LogP contribution in [0.4, 0.5) is 17.1 Å². The molecule has 2 aromatic rings. The number of amides is 2. The van der Waals surface area contributed by atoms with Gasteiger partial charge >= 0.3 is 0 Å². The number of carbonyl (C=O) groups is 2. The third kappa shape index (κ3) is 3.77. The molecule has 0 atom stereocenters. The van der Waals surface area contributed by atoms with Gasteiger partial charge in [-0.1, -0.05) is 6.07 Å². The zero-order valence-corrected chi connectivity index (χ0v) is 14.6. The highest BCUT2D eigenvalue weighted by molar-refractivity contribution is 7.98. The lowest BCUT2D eigenvalue weighted by Crippen LogP contribution is -2.43. The van der Waals surface area contributed by atoms with E-state index < -0.39 is 16.7 Å². The summed E-state index contributed by atoms with van der Waals surface area (Å²) in [7, 11) is 0. The standard InChI is InChI=1S/C17H15N3O5S/c1-26-13-4-2-3-11(7-13)18-16(21)9-19-14-8-12(20(23)24)5-6-15(14)25-10-17(19)22/h2-8H,9-10H2,1H3,(H,18,21). The van der Waals surface area contributed by atoms with Crippen molar-refractivity contribution in [2.24, 2.45) is 0 Å². The molecule has 0 spiro atoms. The Balaban J connectivity index is 1.80. The number of rotatable bonds is 5. The van der Waals surface area contributed by atoms with Gasteiger partial charge in [-0.05, 0) is 30.5 Å². The monoisotopic (exact) mass is 373 g/mol. The number of nitrogens with zero attached hydrogens (tertiary/aromatic N) is 2. The number of benzene rings is 2. The molecule has 1 N–H and O–H groups in total. The molecular weight excluding hydrogens is 358 g/mol. The molecule has 0 unspecified atom stereocenters. The summed E-state index contributed by atoms with van der Waals surface area (Å²) in [5.41, 5.74) is 0.644. The lowest BCUT2D eigenvalue weighted by Gasteiger charge is -2.28. The van der Waals surface area contributed by atoms with Crippen LogP contribution < -0.4 is 15.0 Å². The smallest absolute Gasteiger partial charge is 0.271 e. The van der Waals surface area contributed by atoms with Gasteiger partial charge in [-0.3, -0.25) is 24.6 Å². The minimum Gasteiger partial charge on any atom is -0.482 e. The van der Waals surface area contributed by atoms with Crippen LogP contribution in [0.15, 0.2) is 47.4 Å².